The molecule has 13 atom stereocenters. The summed E-state index contributed by atoms with van der Waals surface area (Å²) in [7, 11) is 0. The van der Waals surface area contributed by atoms with Crippen molar-refractivity contribution < 1.29 is 52.5 Å². The largest absolute Gasteiger partial charge is 0.462 e. The van der Waals surface area contributed by atoms with Crippen molar-refractivity contribution in [1.29, 1.82) is 0 Å². The van der Waals surface area contributed by atoms with Crippen molar-refractivity contribution >= 4 is 35.6 Å². The number of benzene rings is 4. The quantitative estimate of drug-likeness (QED) is 0.105. The van der Waals surface area contributed by atoms with E-state index in [4.69, 9.17) is 23.7 Å². The number of ether oxygens (including phenoxy) is 5. The number of esters is 5. The molecule has 4 aromatic rings. The lowest BCUT2D eigenvalue weighted by Gasteiger charge is -2.65. The van der Waals surface area contributed by atoms with Crippen LogP contribution in [0.2, 0.25) is 0 Å². The van der Waals surface area contributed by atoms with Gasteiger partial charge in [-0.05, 0) is 103 Å². The lowest BCUT2D eigenvalue weighted by Crippen LogP contribution is -2.70. The first-order valence-electron chi connectivity index (χ1n) is 24.2. The van der Waals surface area contributed by atoms with Crippen molar-refractivity contribution in [3.63, 3.8) is 0 Å². The van der Waals surface area contributed by atoms with Crippen molar-refractivity contribution in [2.45, 2.75) is 104 Å². The van der Waals surface area contributed by atoms with Gasteiger partial charge in [0.2, 0.25) is 0 Å². The summed E-state index contributed by atoms with van der Waals surface area (Å²) < 4.78 is 32.5. The van der Waals surface area contributed by atoms with Crippen LogP contribution in [0.3, 0.4) is 0 Å². The van der Waals surface area contributed by atoms with E-state index in [1.807, 2.05) is 19.9 Å². The first-order valence-corrected chi connectivity index (χ1v) is 24.2. The summed E-state index contributed by atoms with van der Waals surface area (Å²) in [6.07, 6.45) is -0.444. The molecule has 0 spiro atoms. The van der Waals surface area contributed by atoms with Gasteiger partial charge in [0.15, 0.2) is 5.78 Å². The molecule has 4 fully saturated rings. The first kappa shape index (κ1) is 46.7. The molecule has 0 radical (unpaired) electrons. The van der Waals surface area contributed by atoms with E-state index in [0.29, 0.717) is 36.8 Å². The fourth-order valence-electron chi connectivity index (χ4n) is 12.8. The van der Waals surface area contributed by atoms with Gasteiger partial charge in [-0.25, -0.2) is 19.2 Å². The number of cyclic esters (lactones) is 1. The van der Waals surface area contributed by atoms with Crippen molar-refractivity contribution in [2.24, 2.45) is 52.3 Å². The number of carbonyl (C=O) groups is 6. The molecule has 0 amide bonds. The van der Waals surface area contributed by atoms with Crippen LogP contribution < -0.4 is 0 Å². The Labute approximate surface area is 397 Å². The maximum absolute atomic E-state index is 15.2. The smallest absolute Gasteiger partial charge is 0.338 e. The van der Waals surface area contributed by atoms with E-state index in [1.165, 1.54) is 0 Å². The molecule has 9 rings (SSSR count). The van der Waals surface area contributed by atoms with Gasteiger partial charge < -0.3 is 23.7 Å². The molecule has 1 saturated heterocycles. The number of carbonyl (C=O) groups excluding carboxylic acids is 6. The number of allylic oxidation sites excluding steroid dienone is 1. The van der Waals surface area contributed by atoms with Crippen LogP contribution in [0, 0.1) is 52.3 Å². The molecule has 0 bridgehead atoms. The van der Waals surface area contributed by atoms with E-state index in [0.717, 1.165) is 5.57 Å². The van der Waals surface area contributed by atoms with Crippen LogP contribution in [0.25, 0.3) is 0 Å². The Balaban J connectivity index is 1.18. The Morgan fingerprint density at radius 1 is 0.603 bits per heavy atom. The summed E-state index contributed by atoms with van der Waals surface area (Å²) in [6.45, 7) is 10.4. The Kier molecular flexibility index (Phi) is 13.0. The van der Waals surface area contributed by atoms with Crippen LogP contribution >= 0.6 is 0 Å². The number of ketones is 1. The van der Waals surface area contributed by atoms with Crippen LogP contribution in [-0.2, 0) is 33.3 Å². The van der Waals surface area contributed by atoms with Crippen molar-refractivity contribution in [3.8, 4) is 0 Å². The van der Waals surface area contributed by atoms with E-state index in [2.05, 4.69) is 20.8 Å². The van der Waals surface area contributed by atoms with Gasteiger partial charge in [0.1, 0.15) is 30.5 Å². The Morgan fingerprint density at radius 2 is 1.09 bits per heavy atom. The highest BCUT2D eigenvalue weighted by molar-refractivity contribution is 5.97. The van der Waals surface area contributed by atoms with Gasteiger partial charge in [0, 0.05) is 41.9 Å². The monoisotopic (exact) mass is 920 g/mol. The second-order valence-corrected chi connectivity index (χ2v) is 20.4. The van der Waals surface area contributed by atoms with Crippen molar-refractivity contribution in [3.05, 3.63) is 155 Å². The Hall–Kier alpha value is -6.36. The van der Waals surface area contributed by atoms with Gasteiger partial charge in [-0.3, -0.25) is 9.59 Å². The zero-order valence-corrected chi connectivity index (χ0v) is 39.3. The molecule has 3 saturated carbocycles. The van der Waals surface area contributed by atoms with Crippen molar-refractivity contribution in [2.75, 3.05) is 0 Å². The summed E-state index contributed by atoms with van der Waals surface area (Å²) >= 11 is 0. The first-order chi connectivity index (χ1) is 32.7. The third kappa shape index (κ3) is 8.69. The van der Waals surface area contributed by atoms with Crippen LogP contribution in [0.15, 0.2) is 133 Å². The van der Waals surface area contributed by atoms with E-state index in [9.17, 15) is 24.0 Å². The molecule has 0 aromatic heterocycles. The lowest BCUT2D eigenvalue weighted by molar-refractivity contribution is -0.246. The molecule has 6 unspecified atom stereocenters. The third-order valence-electron chi connectivity index (χ3n) is 16.4. The molecular formula is C57H60O11. The van der Waals surface area contributed by atoms with Gasteiger partial charge in [0.25, 0.3) is 0 Å². The Bertz CT molecular complexity index is 2560. The average Bonchev–Trinajstić information content (AvgIpc) is 3.63. The van der Waals surface area contributed by atoms with Gasteiger partial charge in [-0.2, -0.15) is 0 Å². The third-order valence-corrected chi connectivity index (χ3v) is 16.4. The maximum Gasteiger partial charge on any atom is 0.338 e. The molecular weight excluding hydrogens is 861 g/mol. The molecule has 68 heavy (non-hydrogen) atoms. The molecule has 11 nitrogen and oxygen atoms in total. The molecule has 11 heteroatoms. The lowest BCUT2D eigenvalue weighted by atomic mass is 9.42. The van der Waals surface area contributed by atoms with Gasteiger partial charge in [-0.1, -0.05) is 113 Å². The SMILES string of the molecule is CC(C)C1CC(=O)OC([C@H](C)C2=CC(=O)C3C4C(CC[C@]23C)[C@]2(C)C(C[C@H](OC(=O)c3ccccc3)C[C@@H]2OC(=O)c2ccccc2)[C@@H](OC(=O)c2ccccc2)[C@@H]4OC(=O)c2ccccc2)C1. The molecule has 4 aromatic carbocycles. The van der Waals surface area contributed by atoms with Gasteiger partial charge in [0.05, 0.1) is 22.3 Å². The van der Waals surface area contributed by atoms with Crippen LogP contribution in [0.5, 0.6) is 0 Å². The summed E-state index contributed by atoms with van der Waals surface area (Å²) in [6, 6.07) is 34.4. The molecule has 0 N–H and O–H groups in total. The summed E-state index contributed by atoms with van der Waals surface area (Å²) in [5.74, 6) is -5.41. The number of fused-ring (bicyclic) bond motifs is 5. The maximum atomic E-state index is 15.2. The second-order valence-electron chi connectivity index (χ2n) is 20.4. The predicted molar refractivity (Wildman–Crippen MR) is 251 cm³/mol. The molecule has 1 aliphatic heterocycles. The van der Waals surface area contributed by atoms with Crippen LogP contribution in [-0.4, -0.2) is 66.1 Å². The molecule has 354 valence electrons. The highest BCUT2D eigenvalue weighted by atomic mass is 16.6. The minimum absolute atomic E-state index is 0.127. The van der Waals surface area contributed by atoms with Crippen LogP contribution in [0.4, 0.5) is 0 Å². The molecule has 5 aliphatic rings. The topological polar surface area (TPSA) is 149 Å². The number of hydrogen-bond donors (Lipinski definition) is 0. The van der Waals surface area contributed by atoms with Crippen LogP contribution in [0.1, 0.15) is 115 Å². The molecule has 1 heterocycles. The fraction of sp³-hybridized carbons (Fsp3) is 0.439. The number of hydrogen-bond acceptors (Lipinski definition) is 11. The second kappa shape index (κ2) is 19.0. The average molecular weight is 921 g/mol. The van der Waals surface area contributed by atoms with E-state index < -0.39 is 88.9 Å². The highest BCUT2D eigenvalue weighted by Crippen LogP contribution is 2.68. The minimum Gasteiger partial charge on any atom is -0.462 e. The summed E-state index contributed by atoms with van der Waals surface area (Å²) in [5, 5.41) is 0. The summed E-state index contributed by atoms with van der Waals surface area (Å²) in [4.78, 5) is 85.6. The zero-order chi connectivity index (χ0) is 47.9. The standard InChI is InChI=1S/C57H60O11/c1-33(2)39-28-45(65-47(59)29-39)34(3)42-32-44(58)49-48-41(26-27-56(42,49)4)57(5)43(50(67-54(62)37-22-14-8-15-23-37)51(48)68-55(63)38-24-16-9-17-25-38)30-40(64-52(60)35-18-10-6-11-19-35)31-46(57)66-53(61)36-20-12-7-13-21-36/h6-25,32-34,39-41,43,45-46,48-51H,26-31H2,1-5H3/t34-,39?,40+,41?,43?,45?,46+,48?,49?,50-,51-,56-,57-/m1/s1. The number of rotatable bonds is 11. The molecule has 4 aliphatic carbocycles. The van der Waals surface area contributed by atoms with E-state index in [1.54, 1.807) is 121 Å². The highest BCUT2D eigenvalue weighted by Gasteiger charge is 2.71. The van der Waals surface area contributed by atoms with E-state index in [-0.39, 0.29) is 53.5 Å². The Morgan fingerprint density at radius 3 is 1.60 bits per heavy atom. The summed E-state index contributed by atoms with van der Waals surface area (Å²) in [5.41, 5.74) is 0.304. The fourth-order valence-corrected chi connectivity index (χ4v) is 12.8. The van der Waals surface area contributed by atoms with Gasteiger partial charge >= 0.3 is 29.8 Å². The van der Waals surface area contributed by atoms with E-state index >= 15 is 4.79 Å². The minimum atomic E-state index is -1.21. The van der Waals surface area contributed by atoms with Gasteiger partial charge in [-0.15, -0.1) is 0 Å². The predicted octanol–water partition coefficient (Wildman–Crippen LogP) is 10.1. The normalized spacial score (nSPS) is 32.2. The zero-order valence-electron chi connectivity index (χ0n) is 39.3. The van der Waals surface area contributed by atoms with Crippen molar-refractivity contribution in [1.82, 2.24) is 0 Å².